The van der Waals surface area contributed by atoms with Gasteiger partial charge in [-0.1, -0.05) is 12.1 Å². The number of rotatable bonds is 6. The quantitative estimate of drug-likeness (QED) is 0.776. The molecule has 0 heterocycles. The average molecular weight is 386 g/mol. The Hall–Kier alpha value is -2.55. The Morgan fingerprint density at radius 2 is 1.81 bits per heavy atom. The zero-order chi connectivity index (χ0) is 19.5. The minimum atomic E-state index is -3.65. The fourth-order valence-electron chi connectivity index (χ4n) is 2.31. The number of nitrogens with one attached hydrogen (secondary N) is 1. The number of benzene rings is 2. The van der Waals surface area contributed by atoms with Gasteiger partial charge in [-0.2, -0.15) is 0 Å². The van der Waals surface area contributed by atoms with Crippen LogP contribution >= 0.6 is 0 Å². The minimum Gasteiger partial charge on any atom is -0.323 e. The van der Waals surface area contributed by atoms with E-state index in [0.29, 0.717) is 11.8 Å². The summed E-state index contributed by atoms with van der Waals surface area (Å²) >= 11 is 0. The van der Waals surface area contributed by atoms with Gasteiger partial charge in [0.25, 0.3) is 0 Å². The van der Waals surface area contributed by atoms with Gasteiger partial charge in [-0.15, -0.1) is 0 Å². The van der Waals surface area contributed by atoms with E-state index in [9.17, 15) is 26.4 Å². The molecule has 5 nitrogen and oxygen atoms in total. The van der Waals surface area contributed by atoms with Gasteiger partial charge < -0.3 is 5.32 Å². The smallest absolute Gasteiger partial charge is 0.232 e. The normalized spacial score (nSPS) is 11.3. The average Bonchev–Trinajstić information content (AvgIpc) is 2.54. The molecule has 26 heavy (non-hydrogen) atoms. The monoisotopic (exact) mass is 386 g/mol. The summed E-state index contributed by atoms with van der Waals surface area (Å²) in [5.74, 6) is -5.32. The number of amides is 1. The number of carbonyl (C=O) groups is 1. The van der Waals surface area contributed by atoms with Gasteiger partial charge in [-0.05, 0) is 36.8 Å². The second-order valence-electron chi connectivity index (χ2n) is 5.70. The first-order valence-electron chi connectivity index (χ1n) is 7.57. The highest BCUT2D eigenvalue weighted by atomic mass is 32.2. The zero-order valence-corrected chi connectivity index (χ0v) is 14.9. The van der Waals surface area contributed by atoms with E-state index in [1.54, 1.807) is 31.2 Å². The Morgan fingerprint density at radius 1 is 1.12 bits per heavy atom. The Balaban J connectivity index is 2.12. The fraction of sp³-hybridized carbons (Fsp3) is 0.235. The number of hydrogen-bond donors (Lipinski definition) is 1. The summed E-state index contributed by atoms with van der Waals surface area (Å²) in [6.07, 6.45) is 0.696. The Bertz CT molecular complexity index is 933. The van der Waals surface area contributed by atoms with Crippen molar-refractivity contribution in [3.63, 3.8) is 0 Å². The third-order valence-corrected chi connectivity index (χ3v) is 4.74. The van der Waals surface area contributed by atoms with Crippen LogP contribution in [0, 0.1) is 24.4 Å². The second-order valence-corrected chi connectivity index (χ2v) is 7.60. The van der Waals surface area contributed by atoms with Crippen LogP contribution < -0.4 is 9.62 Å². The van der Waals surface area contributed by atoms with Crippen LogP contribution in [-0.4, -0.2) is 27.1 Å². The lowest BCUT2D eigenvalue weighted by atomic mass is 10.2. The van der Waals surface area contributed by atoms with Crippen molar-refractivity contribution in [1.29, 1.82) is 0 Å². The van der Waals surface area contributed by atoms with E-state index in [1.165, 1.54) is 0 Å². The molecule has 0 saturated carbocycles. The molecule has 0 spiro atoms. The van der Waals surface area contributed by atoms with Gasteiger partial charge in [0, 0.05) is 13.0 Å². The zero-order valence-electron chi connectivity index (χ0n) is 14.1. The standard InChI is InChI=1S/C17H17F3N2O3S/c1-11-4-3-5-12(10-11)22(26(2,24)25)9-8-15(23)21-14-7-6-13(18)16(19)17(14)20/h3-7,10H,8-9H2,1-2H3,(H,21,23). The highest BCUT2D eigenvalue weighted by molar-refractivity contribution is 7.92. The molecule has 0 aliphatic heterocycles. The van der Waals surface area contributed by atoms with Crippen LogP contribution in [0.4, 0.5) is 24.5 Å². The van der Waals surface area contributed by atoms with Crippen molar-refractivity contribution in [2.24, 2.45) is 0 Å². The molecule has 2 aromatic rings. The predicted molar refractivity (Wildman–Crippen MR) is 92.9 cm³/mol. The highest BCUT2D eigenvalue weighted by Crippen LogP contribution is 2.21. The lowest BCUT2D eigenvalue weighted by Gasteiger charge is -2.22. The van der Waals surface area contributed by atoms with E-state index in [1.807, 2.05) is 0 Å². The first kappa shape index (κ1) is 19.8. The van der Waals surface area contributed by atoms with Crippen molar-refractivity contribution < 1.29 is 26.4 Å². The maximum absolute atomic E-state index is 13.6. The molecule has 2 rings (SSSR count). The molecule has 0 fully saturated rings. The van der Waals surface area contributed by atoms with Crippen molar-refractivity contribution in [3.8, 4) is 0 Å². The topological polar surface area (TPSA) is 66.5 Å². The van der Waals surface area contributed by atoms with Crippen molar-refractivity contribution in [2.45, 2.75) is 13.3 Å². The molecule has 0 aromatic heterocycles. The third-order valence-electron chi connectivity index (χ3n) is 3.54. The van der Waals surface area contributed by atoms with Crippen LogP contribution in [-0.2, 0) is 14.8 Å². The first-order chi connectivity index (χ1) is 12.1. The number of aryl methyl sites for hydroxylation is 1. The predicted octanol–water partition coefficient (Wildman–Crippen LogP) is 3.21. The van der Waals surface area contributed by atoms with Crippen molar-refractivity contribution in [1.82, 2.24) is 0 Å². The third kappa shape index (κ3) is 4.75. The molecule has 0 unspecified atom stereocenters. The van der Waals surface area contributed by atoms with E-state index >= 15 is 0 Å². The summed E-state index contributed by atoms with van der Waals surface area (Å²) in [6.45, 7) is 1.60. The SMILES string of the molecule is Cc1cccc(N(CCC(=O)Nc2ccc(F)c(F)c2F)S(C)(=O)=O)c1. The Morgan fingerprint density at radius 3 is 2.42 bits per heavy atom. The molecule has 1 N–H and O–H groups in total. The van der Waals surface area contributed by atoms with E-state index in [0.717, 1.165) is 22.2 Å². The molecular formula is C17H17F3N2O3S. The van der Waals surface area contributed by atoms with Crippen LogP contribution in [0.1, 0.15) is 12.0 Å². The molecule has 1 amide bonds. The van der Waals surface area contributed by atoms with Crippen LogP contribution in [0.3, 0.4) is 0 Å². The van der Waals surface area contributed by atoms with Crippen LogP contribution in [0.25, 0.3) is 0 Å². The molecule has 0 aliphatic rings. The Labute approximate surface area is 149 Å². The van der Waals surface area contributed by atoms with Crippen LogP contribution in [0.2, 0.25) is 0 Å². The number of carbonyl (C=O) groups excluding carboxylic acids is 1. The van der Waals surface area contributed by atoms with Crippen molar-refractivity contribution in [3.05, 3.63) is 59.4 Å². The number of hydrogen-bond acceptors (Lipinski definition) is 3. The van der Waals surface area contributed by atoms with Gasteiger partial charge in [-0.3, -0.25) is 9.10 Å². The van der Waals surface area contributed by atoms with Gasteiger partial charge in [0.15, 0.2) is 17.5 Å². The number of nitrogens with zero attached hydrogens (tertiary/aromatic N) is 1. The number of sulfonamides is 1. The molecule has 0 bridgehead atoms. The van der Waals surface area contributed by atoms with Crippen LogP contribution in [0.15, 0.2) is 36.4 Å². The lowest BCUT2D eigenvalue weighted by Crippen LogP contribution is -2.33. The second kappa shape index (κ2) is 7.77. The van der Waals surface area contributed by atoms with Gasteiger partial charge in [0.2, 0.25) is 15.9 Å². The maximum atomic E-state index is 13.6. The lowest BCUT2D eigenvalue weighted by molar-refractivity contribution is -0.116. The van der Waals surface area contributed by atoms with Gasteiger partial charge in [-0.25, -0.2) is 21.6 Å². The molecule has 0 radical (unpaired) electrons. The summed E-state index contributed by atoms with van der Waals surface area (Å²) in [5.41, 5.74) is 0.708. The van der Waals surface area contributed by atoms with Crippen molar-refractivity contribution in [2.75, 3.05) is 22.4 Å². The van der Waals surface area contributed by atoms with E-state index in [4.69, 9.17) is 0 Å². The van der Waals surface area contributed by atoms with Crippen molar-refractivity contribution >= 4 is 27.3 Å². The molecule has 0 saturated heterocycles. The molecule has 0 atom stereocenters. The van der Waals surface area contributed by atoms with Crippen LogP contribution in [0.5, 0.6) is 0 Å². The summed E-state index contributed by atoms with van der Waals surface area (Å²) in [7, 11) is -3.65. The molecule has 0 aliphatic carbocycles. The van der Waals surface area contributed by atoms with Gasteiger partial charge in [0.1, 0.15) is 0 Å². The minimum absolute atomic E-state index is 0.195. The molecule has 9 heteroatoms. The Kier molecular flexibility index (Phi) is 5.91. The van der Waals surface area contributed by atoms with E-state index in [2.05, 4.69) is 5.32 Å². The maximum Gasteiger partial charge on any atom is 0.232 e. The van der Waals surface area contributed by atoms with E-state index < -0.39 is 39.1 Å². The molecular weight excluding hydrogens is 369 g/mol. The summed E-state index contributed by atoms with van der Waals surface area (Å²) < 4.78 is 64.7. The summed E-state index contributed by atoms with van der Waals surface area (Å²) in [4.78, 5) is 12.0. The number of anilines is 2. The highest BCUT2D eigenvalue weighted by Gasteiger charge is 2.20. The first-order valence-corrected chi connectivity index (χ1v) is 9.42. The number of halogens is 3. The van der Waals surface area contributed by atoms with Gasteiger partial charge in [0.05, 0.1) is 17.6 Å². The summed E-state index contributed by atoms with van der Waals surface area (Å²) in [6, 6.07) is 8.28. The molecule has 2 aromatic carbocycles. The molecule has 140 valence electrons. The summed E-state index contributed by atoms with van der Waals surface area (Å²) in [5, 5.41) is 2.11. The fourth-order valence-corrected chi connectivity index (χ4v) is 3.23. The van der Waals surface area contributed by atoms with Gasteiger partial charge >= 0.3 is 0 Å². The largest absolute Gasteiger partial charge is 0.323 e. The van der Waals surface area contributed by atoms with E-state index in [-0.39, 0.29) is 13.0 Å².